The Kier molecular flexibility index (Phi) is 9.79. The van der Waals surface area contributed by atoms with Gasteiger partial charge in [-0.05, 0) is 13.8 Å². The molecule has 0 atom stereocenters. The molecule has 0 radical (unpaired) electrons. The maximum absolute atomic E-state index is 12.2. The molecule has 0 saturated carbocycles. The number of hydrogen-bond donors (Lipinski definition) is 1. The number of ether oxygens (including phenoxy) is 2. The maximum Gasteiger partial charge on any atom is 0.349 e. The van der Waals surface area contributed by atoms with E-state index in [4.69, 9.17) is 9.47 Å². The third-order valence-electron chi connectivity index (χ3n) is 2.35. The van der Waals surface area contributed by atoms with Gasteiger partial charge in [-0.15, -0.1) is 24.0 Å². The topological polar surface area (TPSA) is 81.7 Å². The van der Waals surface area contributed by atoms with Gasteiger partial charge in [-0.25, -0.2) is 9.59 Å². The van der Waals surface area contributed by atoms with Crippen LogP contribution in [0, 0.1) is 0 Å². The molecule has 8 heteroatoms. The van der Waals surface area contributed by atoms with E-state index in [1.54, 1.807) is 35.0 Å². The molecule has 1 amide bonds. The summed E-state index contributed by atoms with van der Waals surface area (Å²) in [6.07, 6.45) is 0. The standard InChI is InChI=1S/C13H24N2O5.HI/c1-7-19-11(17)13(14-10(3)16,9-15(4,5)6)12(18)20-8-2;/h7-9H2,1-6H3;1H/p+1. The number of amides is 1. The van der Waals surface area contributed by atoms with E-state index >= 15 is 0 Å². The SMILES string of the molecule is CCOC(=O)C(C[N+](C)(C)C)(NC(C)=O)C(=O)OCC.I. The van der Waals surface area contributed by atoms with Gasteiger partial charge in [0.2, 0.25) is 5.91 Å². The number of hydrogen-bond acceptors (Lipinski definition) is 5. The number of carbonyl (C=O) groups is 3. The summed E-state index contributed by atoms with van der Waals surface area (Å²) < 4.78 is 10.2. The van der Waals surface area contributed by atoms with Gasteiger partial charge in [0.25, 0.3) is 5.54 Å². The molecule has 124 valence electrons. The van der Waals surface area contributed by atoms with Crippen LogP contribution in [0.3, 0.4) is 0 Å². The molecule has 1 N–H and O–H groups in total. The van der Waals surface area contributed by atoms with Crippen LogP contribution < -0.4 is 5.32 Å². The second-order valence-electron chi connectivity index (χ2n) is 5.48. The summed E-state index contributed by atoms with van der Waals surface area (Å²) in [6.45, 7) is 4.75. The summed E-state index contributed by atoms with van der Waals surface area (Å²) in [5.74, 6) is -2.11. The van der Waals surface area contributed by atoms with Gasteiger partial charge < -0.3 is 19.3 Å². The number of carbonyl (C=O) groups excluding carboxylic acids is 3. The van der Waals surface area contributed by atoms with Crippen molar-refractivity contribution in [1.29, 1.82) is 0 Å². The van der Waals surface area contributed by atoms with Crippen molar-refractivity contribution < 1.29 is 28.3 Å². The number of quaternary nitrogens is 1. The molecule has 0 aliphatic heterocycles. The smallest absolute Gasteiger partial charge is 0.349 e. The quantitative estimate of drug-likeness (QED) is 0.279. The van der Waals surface area contributed by atoms with Crippen LogP contribution in [-0.4, -0.2) is 68.8 Å². The second kappa shape index (κ2) is 9.19. The summed E-state index contributed by atoms with van der Waals surface area (Å²) in [7, 11) is 5.40. The molecular weight excluding hydrogens is 391 g/mol. The molecule has 0 spiro atoms. The molecule has 0 bridgehead atoms. The molecule has 21 heavy (non-hydrogen) atoms. The van der Waals surface area contributed by atoms with Crippen LogP contribution in [-0.2, 0) is 23.9 Å². The first-order chi connectivity index (χ1) is 9.09. The summed E-state index contributed by atoms with van der Waals surface area (Å²) in [5, 5.41) is 2.42. The van der Waals surface area contributed by atoms with Crippen molar-refractivity contribution in [3.63, 3.8) is 0 Å². The normalized spacial score (nSPS) is 11.1. The predicted octanol–water partition coefficient (Wildman–Crippen LogP) is 0.312. The highest BCUT2D eigenvalue weighted by Gasteiger charge is 2.54. The molecule has 0 heterocycles. The van der Waals surface area contributed by atoms with Crippen molar-refractivity contribution in [3.05, 3.63) is 0 Å². The predicted molar refractivity (Wildman–Crippen MR) is 88.1 cm³/mol. The first kappa shape index (κ1) is 22.4. The van der Waals surface area contributed by atoms with E-state index in [1.807, 2.05) is 0 Å². The molecule has 0 fully saturated rings. The summed E-state index contributed by atoms with van der Waals surface area (Å²) in [4.78, 5) is 35.9. The monoisotopic (exact) mass is 417 g/mol. The lowest BCUT2D eigenvalue weighted by molar-refractivity contribution is -0.872. The molecular formula is C13H26IN2O5+. The van der Waals surface area contributed by atoms with Crippen molar-refractivity contribution in [2.24, 2.45) is 0 Å². The largest absolute Gasteiger partial charge is 0.464 e. The van der Waals surface area contributed by atoms with E-state index < -0.39 is 23.4 Å². The number of likely N-dealkylation sites (N-methyl/N-ethyl adjacent to an activating group) is 1. The zero-order valence-electron chi connectivity index (χ0n) is 13.5. The van der Waals surface area contributed by atoms with Gasteiger partial charge in [0.15, 0.2) is 0 Å². The van der Waals surface area contributed by atoms with Crippen molar-refractivity contribution >= 4 is 41.8 Å². The third kappa shape index (κ3) is 7.07. The average Bonchev–Trinajstić information content (AvgIpc) is 2.25. The minimum absolute atomic E-state index is 0. The number of rotatable bonds is 7. The molecule has 0 aromatic carbocycles. The Morgan fingerprint density at radius 2 is 1.38 bits per heavy atom. The van der Waals surface area contributed by atoms with E-state index in [2.05, 4.69) is 5.32 Å². The molecule has 0 aromatic rings. The Balaban J connectivity index is 0. The van der Waals surface area contributed by atoms with E-state index in [-0.39, 0.29) is 48.2 Å². The average molecular weight is 417 g/mol. The van der Waals surface area contributed by atoms with Crippen LogP contribution in [0.15, 0.2) is 0 Å². The van der Waals surface area contributed by atoms with Gasteiger partial charge in [-0.1, -0.05) is 0 Å². The molecule has 0 aliphatic carbocycles. The minimum atomic E-state index is -1.82. The first-order valence-corrected chi connectivity index (χ1v) is 6.52. The summed E-state index contributed by atoms with van der Waals surface area (Å²) in [6, 6.07) is 0. The Hall–Kier alpha value is -0.900. The van der Waals surface area contributed by atoms with E-state index in [9.17, 15) is 14.4 Å². The zero-order valence-corrected chi connectivity index (χ0v) is 15.8. The van der Waals surface area contributed by atoms with Crippen LogP contribution in [0.25, 0.3) is 0 Å². The molecule has 0 rings (SSSR count). The fraction of sp³-hybridized carbons (Fsp3) is 0.769. The van der Waals surface area contributed by atoms with Crippen LogP contribution in [0.4, 0.5) is 0 Å². The van der Waals surface area contributed by atoms with Gasteiger partial charge in [-0.3, -0.25) is 4.79 Å². The highest BCUT2D eigenvalue weighted by molar-refractivity contribution is 14.0. The summed E-state index contributed by atoms with van der Waals surface area (Å²) in [5.41, 5.74) is -1.82. The van der Waals surface area contributed by atoms with Crippen LogP contribution in [0.1, 0.15) is 20.8 Å². The molecule has 7 nitrogen and oxygen atoms in total. The lowest BCUT2D eigenvalue weighted by atomic mass is 9.98. The van der Waals surface area contributed by atoms with Gasteiger partial charge in [0, 0.05) is 6.92 Å². The van der Waals surface area contributed by atoms with Crippen LogP contribution in [0.2, 0.25) is 0 Å². The lowest BCUT2D eigenvalue weighted by Crippen LogP contribution is -2.68. The fourth-order valence-electron chi connectivity index (χ4n) is 1.87. The van der Waals surface area contributed by atoms with Crippen molar-refractivity contribution in [2.45, 2.75) is 26.3 Å². The second-order valence-corrected chi connectivity index (χ2v) is 5.48. The molecule has 0 aromatic heterocycles. The number of halogens is 1. The van der Waals surface area contributed by atoms with Crippen molar-refractivity contribution in [2.75, 3.05) is 40.9 Å². The zero-order chi connectivity index (χ0) is 16.0. The van der Waals surface area contributed by atoms with Crippen molar-refractivity contribution in [1.82, 2.24) is 5.32 Å². The summed E-state index contributed by atoms with van der Waals surface area (Å²) >= 11 is 0. The van der Waals surface area contributed by atoms with Crippen LogP contribution >= 0.6 is 24.0 Å². The lowest BCUT2D eigenvalue weighted by Gasteiger charge is -2.35. The number of esters is 2. The van der Waals surface area contributed by atoms with Crippen molar-refractivity contribution in [3.8, 4) is 0 Å². The van der Waals surface area contributed by atoms with Gasteiger partial charge >= 0.3 is 11.9 Å². The minimum Gasteiger partial charge on any atom is -0.464 e. The van der Waals surface area contributed by atoms with Gasteiger partial charge in [0.1, 0.15) is 6.54 Å². The Bertz CT molecular complexity index is 361. The molecule has 0 aliphatic rings. The van der Waals surface area contributed by atoms with E-state index in [1.165, 1.54) is 6.92 Å². The third-order valence-corrected chi connectivity index (χ3v) is 2.35. The molecule has 0 saturated heterocycles. The Morgan fingerprint density at radius 3 is 1.62 bits per heavy atom. The number of nitrogens with one attached hydrogen (secondary N) is 1. The van der Waals surface area contributed by atoms with E-state index in [0.717, 1.165) is 0 Å². The Morgan fingerprint density at radius 1 is 1.00 bits per heavy atom. The van der Waals surface area contributed by atoms with E-state index in [0.29, 0.717) is 0 Å². The van der Waals surface area contributed by atoms with Crippen LogP contribution in [0.5, 0.6) is 0 Å². The first-order valence-electron chi connectivity index (χ1n) is 6.52. The molecule has 0 unspecified atom stereocenters. The van der Waals surface area contributed by atoms with Gasteiger partial charge in [0.05, 0.1) is 34.4 Å². The highest BCUT2D eigenvalue weighted by Crippen LogP contribution is 2.15. The number of nitrogens with zero attached hydrogens (tertiary/aromatic N) is 1. The fourth-order valence-corrected chi connectivity index (χ4v) is 1.87. The Labute approximate surface area is 142 Å². The highest BCUT2D eigenvalue weighted by atomic mass is 127. The van der Waals surface area contributed by atoms with Gasteiger partial charge in [-0.2, -0.15) is 0 Å². The maximum atomic E-state index is 12.2.